The quantitative estimate of drug-likeness (QED) is 0.897. The number of hydrogen-bond donors (Lipinski definition) is 1. The molecule has 1 aliphatic heterocycles. The van der Waals surface area contributed by atoms with Crippen LogP contribution in [-0.4, -0.2) is 35.0 Å². The average molecular weight is 367 g/mol. The molecule has 1 amide bonds. The minimum absolute atomic E-state index is 0.118. The fourth-order valence-corrected chi connectivity index (χ4v) is 3.74. The molecule has 0 aliphatic carbocycles. The van der Waals surface area contributed by atoms with Crippen molar-refractivity contribution in [3.8, 4) is 5.75 Å². The van der Waals surface area contributed by atoms with Gasteiger partial charge in [-0.2, -0.15) is 8.78 Å². The smallest absolute Gasteiger partial charge is 0.387 e. The van der Waals surface area contributed by atoms with Gasteiger partial charge in [0.25, 0.3) is 5.91 Å². The molecule has 0 radical (unpaired) electrons. The predicted molar refractivity (Wildman–Crippen MR) is 87.5 cm³/mol. The van der Waals surface area contributed by atoms with Crippen LogP contribution in [0.2, 0.25) is 0 Å². The Kier molecular flexibility index (Phi) is 4.71. The van der Waals surface area contributed by atoms with Crippen LogP contribution in [0.4, 0.5) is 8.78 Å². The maximum Gasteiger partial charge on any atom is 0.387 e. The van der Waals surface area contributed by atoms with Gasteiger partial charge in [0.15, 0.2) is 0 Å². The Balaban J connectivity index is 1.85. The molecule has 0 saturated carbocycles. The maximum atomic E-state index is 12.7. The molecular weight excluding hydrogens is 352 g/mol. The summed E-state index contributed by atoms with van der Waals surface area (Å²) in [5, 5.41) is 9.10. The Labute approximate surface area is 146 Å². The molecule has 2 heterocycles. The van der Waals surface area contributed by atoms with E-state index in [9.17, 15) is 18.4 Å². The lowest BCUT2D eigenvalue weighted by Crippen LogP contribution is -2.36. The minimum Gasteiger partial charge on any atom is -0.478 e. The Bertz CT molecular complexity index is 834. The van der Waals surface area contributed by atoms with Gasteiger partial charge in [0, 0.05) is 18.0 Å². The van der Waals surface area contributed by atoms with Gasteiger partial charge < -0.3 is 14.7 Å². The van der Waals surface area contributed by atoms with Crippen LogP contribution in [0.25, 0.3) is 0 Å². The summed E-state index contributed by atoms with van der Waals surface area (Å²) in [4.78, 5) is 26.2. The first-order valence-electron chi connectivity index (χ1n) is 7.54. The summed E-state index contributed by atoms with van der Waals surface area (Å²) in [7, 11) is 0. The topological polar surface area (TPSA) is 66.8 Å². The number of ether oxygens (including phenoxy) is 1. The van der Waals surface area contributed by atoms with Crippen molar-refractivity contribution in [2.75, 3.05) is 6.54 Å². The molecule has 25 heavy (non-hydrogen) atoms. The van der Waals surface area contributed by atoms with Crippen molar-refractivity contribution in [3.05, 3.63) is 50.7 Å². The number of nitrogens with zero attached hydrogens (tertiary/aromatic N) is 1. The summed E-state index contributed by atoms with van der Waals surface area (Å²) in [6.45, 7) is -0.616. The number of rotatable bonds is 4. The fourth-order valence-electron chi connectivity index (χ4n) is 2.83. The summed E-state index contributed by atoms with van der Waals surface area (Å²) < 4.78 is 29.5. The molecular formula is C17H15F2NO4S. The summed E-state index contributed by atoms with van der Waals surface area (Å²) in [5.74, 6) is -1.54. The van der Waals surface area contributed by atoms with Crippen molar-refractivity contribution >= 4 is 23.2 Å². The van der Waals surface area contributed by atoms with Crippen molar-refractivity contribution in [2.45, 2.75) is 26.5 Å². The monoisotopic (exact) mass is 367 g/mol. The lowest BCUT2D eigenvalue weighted by molar-refractivity contribution is -0.0499. The molecule has 2 aromatic rings. The number of aromatic carboxylic acids is 1. The number of carboxylic acid groups (broad SMARTS) is 1. The second-order valence-electron chi connectivity index (χ2n) is 5.69. The first kappa shape index (κ1) is 17.3. The van der Waals surface area contributed by atoms with Crippen molar-refractivity contribution in [3.63, 3.8) is 0 Å². The van der Waals surface area contributed by atoms with Crippen LogP contribution in [0, 0.1) is 6.92 Å². The third-order valence-corrected chi connectivity index (χ3v) is 5.00. The average Bonchev–Trinajstić information content (AvgIpc) is 2.92. The molecule has 1 aromatic carbocycles. The third kappa shape index (κ3) is 3.63. The van der Waals surface area contributed by atoms with E-state index in [2.05, 4.69) is 4.74 Å². The molecule has 0 saturated heterocycles. The van der Waals surface area contributed by atoms with Gasteiger partial charge in [-0.3, -0.25) is 4.79 Å². The highest BCUT2D eigenvalue weighted by atomic mass is 32.1. The van der Waals surface area contributed by atoms with Gasteiger partial charge in [0.05, 0.1) is 5.56 Å². The number of carboxylic acids is 1. The highest BCUT2D eigenvalue weighted by molar-refractivity contribution is 7.14. The first-order valence-corrected chi connectivity index (χ1v) is 8.36. The molecule has 0 spiro atoms. The molecule has 0 bridgehead atoms. The molecule has 1 N–H and O–H groups in total. The van der Waals surface area contributed by atoms with Gasteiger partial charge in [-0.25, -0.2) is 4.79 Å². The van der Waals surface area contributed by atoms with Crippen LogP contribution in [0.15, 0.2) is 24.3 Å². The number of hydrogen-bond acceptors (Lipinski definition) is 4. The zero-order chi connectivity index (χ0) is 18.1. The van der Waals surface area contributed by atoms with Crippen LogP contribution in [-0.2, 0) is 13.0 Å². The van der Waals surface area contributed by atoms with E-state index in [0.29, 0.717) is 17.8 Å². The van der Waals surface area contributed by atoms with Gasteiger partial charge in [0.2, 0.25) is 0 Å². The molecule has 1 aliphatic rings. The van der Waals surface area contributed by atoms with E-state index in [1.54, 1.807) is 19.1 Å². The van der Waals surface area contributed by atoms with Crippen LogP contribution in [0.5, 0.6) is 5.75 Å². The van der Waals surface area contributed by atoms with Crippen molar-refractivity contribution in [1.29, 1.82) is 0 Å². The standard InChI is InChI=1S/C17H15F2NO4S/c1-9-6-13(24-17(18)19)14(25-9)15(21)20-5-4-10-2-3-11(16(22)23)7-12(10)8-20/h2-3,6-7,17H,4-5,8H2,1H3,(H,22,23). The second kappa shape index (κ2) is 6.79. The first-order chi connectivity index (χ1) is 11.8. The molecule has 5 nitrogen and oxygen atoms in total. The van der Waals surface area contributed by atoms with E-state index < -0.39 is 12.6 Å². The number of fused-ring (bicyclic) bond motifs is 1. The number of carbonyl (C=O) groups is 2. The molecule has 8 heteroatoms. The van der Waals surface area contributed by atoms with Gasteiger partial charge in [-0.1, -0.05) is 6.07 Å². The number of alkyl halides is 2. The lowest BCUT2D eigenvalue weighted by Gasteiger charge is -2.29. The van der Waals surface area contributed by atoms with E-state index >= 15 is 0 Å². The van der Waals surface area contributed by atoms with Gasteiger partial charge in [0.1, 0.15) is 10.6 Å². The van der Waals surface area contributed by atoms with E-state index in [1.165, 1.54) is 17.0 Å². The third-order valence-electron chi connectivity index (χ3n) is 3.98. The van der Waals surface area contributed by atoms with E-state index in [-0.39, 0.29) is 28.6 Å². The largest absolute Gasteiger partial charge is 0.478 e. The molecule has 132 valence electrons. The van der Waals surface area contributed by atoms with E-state index in [4.69, 9.17) is 5.11 Å². The number of thiophene rings is 1. The molecule has 1 aromatic heterocycles. The Hall–Kier alpha value is -2.48. The van der Waals surface area contributed by atoms with Gasteiger partial charge in [-0.05, 0) is 42.7 Å². The van der Waals surface area contributed by atoms with Crippen LogP contribution in [0.3, 0.4) is 0 Å². The fraction of sp³-hybridized carbons (Fsp3) is 0.294. The number of benzene rings is 1. The second-order valence-corrected chi connectivity index (χ2v) is 6.95. The molecule has 0 fully saturated rings. The summed E-state index contributed by atoms with van der Waals surface area (Å²) in [5.41, 5.74) is 1.89. The summed E-state index contributed by atoms with van der Waals surface area (Å²) >= 11 is 1.10. The normalized spacial score (nSPS) is 13.7. The Morgan fingerprint density at radius 3 is 2.72 bits per heavy atom. The lowest BCUT2D eigenvalue weighted by atomic mass is 9.97. The molecule has 0 atom stereocenters. The van der Waals surface area contributed by atoms with Crippen LogP contribution < -0.4 is 4.74 Å². The minimum atomic E-state index is -3.00. The maximum absolute atomic E-state index is 12.7. The van der Waals surface area contributed by atoms with Crippen molar-refractivity contribution < 1.29 is 28.2 Å². The van der Waals surface area contributed by atoms with E-state index in [1.807, 2.05) is 0 Å². The van der Waals surface area contributed by atoms with Crippen molar-refractivity contribution in [1.82, 2.24) is 4.90 Å². The van der Waals surface area contributed by atoms with E-state index in [0.717, 1.165) is 22.5 Å². The number of amides is 1. The zero-order valence-corrected chi connectivity index (χ0v) is 14.1. The number of halogens is 2. The van der Waals surface area contributed by atoms with Crippen LogP contribution >= 0.6 is 11.3 Å². The zero-order valence-electron chi connectivity index (χ0n) is 13.3. The van der Waals surface area contributed by atoms with Crippen LogP contribution in [0.1, 0.15) is 36.0 Å². The SMILES string of the molecule is Cc1cc(OC(F)F)c(C(=O)N2CCc3ccc(C(=O)O)cc3C2)s1. The molecule has 0 unspecified atom stereocenters. The summed E-state index contributed by atoms with van der Waals surface area (Å²) in [6, 6.07) is 6.26. The highest BCUT2D eigenvalue weighted by Gasteiger charge is 2.27. The summed E-state index contributed by atoms with van der Waals surface area (Å²) in [6.07, 6.45) is 0.580. The van der Waals surface area contributed by atoms with Gasteiger partial charge in [-0.15, -0.1) is 11.3 Å². The van der Waals surface area contributed by atoms with Gasteiger partial charge >= 0.3 is 12.6 Å². The predicted octanol–water partition coefficient (Wildman–Crippen LogP) is 3.55. The highest BCUT2D eigenvalue weighted by Crippen LogP contribution is 2.32. The number of aryl methyl sites for hydroxylation is 1. The molecule has 3 rings (SSSR count). The Morgan fingerprint density at radius 1 is 1.28 bits per heavy atom. The number of carbonyl (C=O) groups excluding carboxylic acids is 1. The Morgan fingerprint density at radius 2 is 2.04 bits per heavy atom. The van der Waals surface area contributed by atoms with Crippen molar-refractivity contribution in [2.24, 2.45) is 0 Å².